The summed E-state index contributed by atoms with van der Waals surface area (Å²) in [4.78, 5) is 41.7. The number of rotatable bonds is 6. The van der Waals surface area contributed by atoms with Crippen molar-refractivity contribution in [2.45, 2.75) is 58.7 Å². The molecule has 1 saturated heterocycles. The Kier molecular flexibility index (Phi) is 7.67. The number of carboxylic acid groups (broad SMARTS) is 1. The first kappa shape index (κ1) is 25.7. The molecule has 2 aromatic carbocycles. The van der Waals surface area contributed by atoms with E-state index in [1.807, 2.05) is 56.0 Å². The van der Waals surface area contributed by atoms with Crippen LogP contribution in [0, 0.1) is 17.8 Å². The van der Waals surface area contributed by atoms with E-state index in [0.717, 1.165) is 30.4 Å². The quantitative estimate of drug-likeness (QED) is 0.599. The zero-order valence-electron chi connectivity index (χ0n) is 21.4. The molecule has 2 amide bonds. The molecule has 0 unspecified atom stereocenters. The van der Waals surface area contributed by atoms with Crippen molar-refractivity contribution in [3.05, 3.63) is 71.3 Å². The van der Waals surface area contributed by atoms with Crippen LogP contribution in [0.1, 0.15) is 61.5 Å². The Morgan fingerprint density at radius 3 is 2.19 bits per heavy atom. The molecule has 1 aliphatic heterocycles. The van der Waals surface area contributed by atoms with Gasteiger partial charge in [0.1, 0.15) is 5.60 Å². The standard InChI is InChI=1S/C29H36N2O5/c1-29(2,3)36-28(35)31-18-23-10-7-11-24(25(23)19-31)26(32)30(16-20-8-5-4-6-9-20)17-21-12-14-22(15-13-21)27(33)34/h4-6,8-9,12-15,23-25H,7,10-11,16-19H2,1-3H3,(H,33,34)/t23-,24-,25+/m1/s1. The molecule has 0 aromatic heterocycles. The van der Waals surface area contributed by atoms with Crippen molar-refractivity contribution in [1.82, 2.24) is 9.80 Å². The van der Waals surface area contributed by atoms with Gasteiger partial charge in [0.05, 0.1) is 5.56 Å². The first-order valence-electron chi connectivity index (χ1n) is 12.7. The number of hydrogen-bond donors (Lipinski definition) is 1. The Labute approximate surface area is 213 Å². The predicted molar refractivity (Wildman–Crippen MR) is 136 cm³/mol. The Morgan fingerprint density at radius 2 is 1.58 bits per heavy atom. The van der Waals surface area contributed by atoms with Gasteiger partial charge >= 0.3 is 12.1 Å². The summed E-state index contributed by atoms with van der Waals surface area (Å²) in [5, 5.41) is 9.22. The smallest absolute Gasteiger partial charge is 0.410 e. The van der Waals surface area contributed by atoms with E-state index in [-0.39, 0.29) is 29.4 Å². The molecule has 1 heterocycles. The summed E-state index contributed by atoms with van der Waals surface area (Å²) in [5.41, 5.74) is 1.60. The Hall–Kier alpha value is -3.35. The first-order valence-corrected chi connectivity index (χ1v) is 12.7. The van der Waals surface area contributed by atoms with Gasteiger partial charge in [-0.05, 0) is 68.7 Å². The second-order valence-electron chi connectivity index (χ2n) is 11.0. The van der Waals surface area contributed by atoms with Crippen LogP contribution < -0.4 is 0 Å². The molecule has 0 spiro atoms. The van der Waals surface area contributed by atoms with Gasteiger partial charge in [-0.15, -0.1) is 0 Å². The topological polar surface area (TPSA) is 87.2 Å². The fourth-order valence-electron chi connectivity index (χ4n) is 5.48. The summed E-state index contributed by atoms with van der Waals surface area (Å²) < 4.78 is 5.61. The Balaban J connectivity index is 1.53. The van der Waals surface area contributed by atoms with Crippen LogP contribution >= 0.6 is 0 Å². The van der Waals surface area contributed by atoms with Gasteiger partial charge < -0.3 is 19.6 Å². The van der Waals surface area contributed by atoms with Crippen molar-refractivity contribution < 1.29 is 24.2 Å². The number of aromatic carboxylic acids is 1. The van der Waals surface area contributed by atoms with Crippen LogP contribution in [0.2, 0.25) is 0 Å². The van der Waals surface area contributed by atoms with E-state index in [1.165, 1.54) is 0 Å². The normalized spacial score (nSPS) is 21.5. The van der Waals surface area contributed by atoms with Crippen LogP contribution in [0.3, 0.4) is 0 Å². The van der Waals surface area contributed by atoms with Gasteiger partial charge in [-0.1, -0.05) is 48.9 Å². The van der Waals surface area contributed by atoms with Crippen molar-refractivity contribution in [3.63, 3.8) is 0 Å². The Bertz CT molecular complexity index is 1080. The fourth-order valence-corrected chi connectivity index (χ4v) is 5.48. The summed E-state index contributed by atoms with van der Waals surface area (Å²) in [6, 6.07) is 16.6. The van der Waals surface area contributed by atoms with Crippen LogP contribution in [-0.4, -0.2) is 51.6 Å². The molecule has 3 atom stereocenters. The van der Waals surface area contributed by atoms with E-state index >= 15 is 0 Å². The number of fused-ring (bicyclic) bond motifs is 1. The number of carboxylic acids is 1. The number of likely N-dealkylation sites (tertiary alicyclic amines) is 1. The monoisotopic (exact) mass is 492 g/mol. The van der Waals surface area contributed by atoms with E-state index in [0.29, 0.717) is 32.1 Å². The first-order chi connectivity index (χ1) is 17.1. The van der Waals surface area contributed by atoms with Crippen LogP contribution in [-0.2, 0) is 22.6 Å². The predicted octanol–water partition coefficient (Wildman–Crippen LogP) is 5.20. The van der Waals surface area contributed by atoms with Crippen LogP contribution in [0.4, 0.5) is 4.79 Å². The Morgan fingerprint density at radius 1 is 0.944 bits per heavy atom. The third-order valence-electron chi connectivity index (χ3n) is 7.17. The minimum Gasteiger partial charge on any atom is -0.478 e. The molecule has 0 bridgehead atoms. The second-order valence-corrected chi connectivity index (χ2v) is 11.0. The van der Waals surface area contributed by atoms with E-state index in [1.54, 1.807) is 29.2 Å². The molecule has 4 rings (SSSR count). The van der Waals surface area contributed by atoms with Crippen LogP contribution in [0.5, 0.6) is 0 Å². The van der Waals surface area contributed by atoms with Crippen molar-refractivity contribution in [3.8, 4) is 0 Å². The van der Waals surface area contributed by atoms with Gasteiger partial charge in [-0.2, -0.15) is 0 Å². The van der Waals surface area contributed by atoms with Crippen molar-refractivity contribution in [2.75, 3.05) is 13.1 Å². The molecule has 36 heavy (non-hydrogen) atoms. The van der Waals surface area contributed by atoms with Crippen molar-refractivity contribution in [2.24, 2.45) is 17.8 Å². The molecule has 2 fully saturated rings. The van der Waals surface area contributed by atoms with E-state index in [4.69, 9.17) is 4.74 Å². The van der Waals surface area contributed by atoms with E-state index in [9.17, 15) is 19.5 Å². The van der Waals surface area contributed by atoms with E-state index in [2.05, 4.69) is 0 Å². The molecule has 1 N–H and O–H groups in total. The maximum Gasteiger partial charge on any atom is 0.410 e. The lowest BCUT2D eigenvalue weighted by Crippen LogP contribution is -2.42. The minimum atomic E-state index is -0.970. The average molecular weight is 493 g/mol. The fraction of sp³-hybridized carbons (Fsp3) is 0.483. The third kappa shape index (κ3) is 6.25. The molecule has 1 aliphatic carbocycles. The van der Waals surface area contributed by atoms with Gasteiger partial charge in [0.25, 0.3) is 0 Å². The molecule has 1 saturated carbocycles. The molecular formula is C29H36N2O5. The zero-order chi connectivity index (χ0) is 25.9. The van der Waals surface area contributed by atoms with Gasteiger partial charge in [0.15, 0.2) is 0 Å². The maximum atomic E-state index is 14.0. The summed E-state index contributed by atoms with van der Waals surface area (Å²) >= 11 is 0. The number of carbonyl (C=O) groups is 3. The highest BCUT2D eigenvalue weighted by Crippen LogP contribution is 2.41. The molecular weight excluding hydrogens is 456 g/mol. The highest BCUT2D eigenvalue weighted by Gasteiger charge is 2.46. The number of hydrogen-bond acceptors (Lipinski definition) is 4. The highest BCUT2D eigenvalue weighted by molar-refractivity contribution is 5.87. The largest absolute Gasteiger partial charge is 0.478 e. The number of carbonyl (C=O) groups excluding carboxylic acids is 2. The van der Waals surface area contributed by atoms with Crippen LogP contribution in [0.15, 0.2) is 54.6 Å². The number of benzene rings is 2. The van der Waals surface area contributed by atoms with Gasteiger partial charge in [0.2, 0.25) is 5.91 Å². The summed E-state index contributed by atoms with van der Waals surface area (Å²) in [6.07, 6.45) is 2.49. The van der Waals surface area contributed by atoms with Gasteiger partial charge in [0, 0.05) is 32.1 Å². The zero-order valence-corrected chi connectivity index (χ0v) is 21.4. The summed E-state index contributed by atoms with van der Waals surface area (Å²) in [6.45, 7) is 7.66. The number of nitrogens with zero attached hydrogens (tertiary/aromatic N) is 2. The average Bonchev–Trinajstić information content (AvgIpc) is 3.28. The van der Waals surface area contributed by atoms with Gasteiger partial charge in [-0.25, -0.2) is 9.59 Å². The second kappa shape index (κ2) is 10.7. The number of ether oxygens (including phenoxy) is 1. The lowest BCUT2D eigenvalue weighted by molar-refractivity contribution is -0.140. The van der Waals surface area contributed by atoms with E-state index < -0.39 is 11.6 Å². The highest BCUT2D eigenvalue weighted by atomic mass is 16.6. The van der Waals surface area contributed by atoms with Crippen molar-refractivity contribution in [1.29, 1.82) is 0 Å². The lowest BCUT2D eigenvalue weighted by Gasteiger charge is -2.36. The molecule has 7 nitrogen and oxygen atoms in total. The molecule has 192 valence electrons. The molecule has 7 heteroatoms. The summed E-state index contributed by atoms with van der Waals surface area (Å²) in [7, 11) is 0. The lowest BCUT2D eigenvalue weighted by atomic mass is 9.73. The molecule has 0 radical (unpaired) electrons. The van der Waals surface area contributed by atoms with Crippen LogP contribution in [0.25, 0.3) is 0 Å². The van der Waals surface area contributed by atoms with Gasteiger partial charge in [-0.3, -0.25) is 4.79 Å². The molecule has 2 aromatic rings. The minimum absolute atomic E-state index is 0.0990. The summed E-state index contributed by atoms with van der Waals surface area (Å²) in [5.74, 6) is -0.608. The number of amides is 2. The maximum absolute atomic E-state index is 14.0. The third-order valence-corrected chi connectivity index (χ3v) is 7.17. The SMILES string of the molecule is CC(C)(C)OC(=O)N1C[C@H]2CCC[C@@H](C(=O)N(Cc3ccccc3)Cc3ccc(C(=O)O)cc3)[C@H]2C1. The molecule has 2 aliphatic rings. The van der Waals surface area contributed by atoms with Crippen molar-refractivity contribution >= 4 is 18.0 Å².